The second kappa shape index (κ2) is 5.89. The van der Waals surface area contributed by atoms with Crippen molar-refractivity contribution in [1.29, 1.82) is 0 Å². The molecule has 2 aliphatic rings. The van der Waals surface area contributed by atoms with Crippen LogP contribution >= 0.6 is 0 Å². The van der Waals surface area contributed by atoms with Gasteiger partial charge in [-0.3, -0.25) is 4.57 Å². The molecule has 4 rings (SSSR count). The highest BCUT2D eigenvalue weighted by Crippen LogP contribution is 2.31. The number of amides is 1. The van der Waals surface area contributed by atoms with E-state index in [4.69, 9.17) is 0 Å². The molecule has 1 saturated heterocycles. The molecule has 126 valence electrons. The van der Waals surface area contributed by atoms with Crippen molar-refractivity contribution in [2.24, 2.45) is 0 Å². The minimum absolute atomic E-state index is 0.0267. The smallest absolute Gasteiger partial charge is 0.330 e. The van der Waals surface area contributed by atoms with Crippen molar-refractivity contribution in [3.05, 3.63) is 35.3 Å². The zero-order valence-corrected chi connectivity index (χ0v) is 14.2. The number of imidazole rings is 1. The molecule has 1 amide bonds. The summed E-state index contributed by atoms with van der Waals surface area (Å²) >= 11 is 0. The molecule has 0 bridgehead atoms. The molecule has 1 fully saturated rings. The van der Waals surface area contributed by atoms with Crippen LogP contribution in [0, 0.1) is 6.92 Å². The van der Waals surface area contributed by atoms with Gasteiger partial charge in [0, 0.05) is 30.5 Å². The maximum absolute atomic E-state index is 12.9. The Hall–Kier alpha value is -2.44. The Morgan fingerprint density at radius 2 is 2.08 bits per heavy atom. The minimum Gasteiger partial charge on any atom is -0.356 e. The molecule has 0 N–H and O–H groups in total. The maximum atomic E-state index is 12.9. The fourth-order valence-corrected chi connectivity index (χ4v) is 3.37. The highest BCUT2D eigenvalue weighted by Gasteiger charge is 2.32. The van der Waals surface area contributed by atoms with Gasteiger partial charge < -0.3 is 9.80 Å². The van der Waals surface area contributed by atoms with Crippen LogP contribution in [0.3, 0.4) is 0 Å². The Labute approximate surface area is 141 Å². The summed E-state index contributed by atoms with van der Waals surface area (Å²) in [4.78, 5) is 30.4. The van der Waals surface area contributed by atoms with E-state index in [9.17, 15) is 4.79 Å². The molecular formula is C17H22N6O. The Kier molecular flexibility index (Phi) is 3.70. The number of aromatic nitrogens is 4. The lowest BCUT2D eigenvalue weighted by Crippen LogP contribution is -2.38. The summed E-state index contributed by atoms with van der Waals surface area (Å²) in [6.07, 6.45) is 6.44. The van der Waals surface area contributed by atoms with E-state index in [0.29, 0.717) is 13.1 Å². The van der Waals surface area contributed by atoms with Crippen molar-refractivity contribution < 1.29 is 4.79 Å². The van der Waals surface area contributed by atoms with E-state index in [1.807, 2.05) is 11.8 Å². The second-order valence-electron chi connectivity index (χ2n) is 6.50. The monoisotopic (exact) mass is 326 g/mol. The van der Waals surface area contributed by atoms with Crippen LogP contribution in [0.25, 0.3) is 0 Å². The number of fused-ring (bicyclic) bond motifs is 1. The van der Waals surface area contributed by atoms with Crippen molar-refractivity contribution >= 4 is 11.8 Å². The molecule has 0 radical (unpaired) electrons. The number of rotatable bonds is 3. The predicted molar refractivity (Wildman–Crippen MR) is 89.9 cm³/mol. The SMILES string of the molecule is CCCc1cncn1C(=O)N1Cc2nc(C)nc(N3CCC3)c2C1. The van der Waals surface area contributed by atoms with Crippen LogP contribution in [0.4, 0.5) is 10.6 Å². The molecule has 2 aliphatic heterocycles. The highest BCUT2D eigenvalue weighted by atomic mass is 16.2. The van der Waals surface area contributed by atoms with E-state index in [2.05, 4.69) is 26.8 Å². The Balaban J connectivity index is 1.61. The van der Waals surface area contributed by atoms with E-state index in [-0.39, 0.29) is 6.03 Å². The van der Waals surface area contributed by atoms with Crippen LogP contribution in [0.2, 0.25) is 0 Å². The lowest BCUT2D eigenvalue weighted by Gasteiger charge is -2.33. The summed E-state index contributed by atoms with van der Waals surface area (Å²) in [5, 5.41) is 0. The fraction of sp³-hybridized carbons (Fsp3) is 0.529. The van der Waals surface area contributed by atoms with E-state index in [1.54, 1.807) is 17.1 Å². The number of anilines is 1. The number of nitrogens with zero attached hydrogens (tertiary/aromatic N) is 6. The van der Waals surface area contributed by atoms with Crippen LogP contribution in [-0.2, 0) is 19.5 Å². The van der Waals surface area contributed by atoms with Crippen molar-refractivity contribution in [1.82, 2.24) is 24.4 Å². The summed E-state index contributed by atoms with van der Waals surface area (Å²) in [6.45, 7) is 7.22. The first kappa shape index (κ1) is 15.1. The summed E-state index contributed by atoms with van der Waals surface area (Å²) in [5.74, 6) is 1.79. The largest absolute Gasteiger partial charge is 0.356 e. The van der Waals surface area contributed by atoms with Gasteiger partial charge in [-0.05, 0) is 19.8 Å². The first-order valence-electron chi connectivity index (χ1n) is 8.59. The van der Waals surface area contributed by atoms with Gasteiger partial charge in [0.2, 0.25) is 0 Å². The molecule has 4 heterocycles. The van der Waals surface area contributed by atoms with Gasteiger partial charge in [-0.1, -0.05) is 13.3 Å². The number of aryl methyl sites for hydroxylation is 2. The number of carbonyl (C=O) groups excluding carboxylic acids is 1. The average Bonchev–Trinajstić information content (AvgIpc) is 3.11. The van der Waals surface area contributed by atoms with E-state index in [0.717, 1.165) is 54.5 Å². The van der Waals surface area contributed by atoms with Gasteiger partial charge in [0.05, 0.1) is 18.8 Å². The third kappa shape index (κ3) is 2.44. The molecular weight excluding hydrogens is 304 g/mol. The van der Waals surface area contributed by atoms with Gasteiger partial charge in [-0.15, -0.1) is 0 Å². The van der Waals surface area contributed by atoms with Crippen LogP contribution in [0.5, 0.6) is 0 Å². The van der Waals surface area contributed by atoms with Crippen LogP contribution in [0.1, 0.15) is 42.5 Å². The number of hydrogen-bond acceptors (Lipinski definition) is 5. The molecule has 2 aromatic rings. The van der Waals surface area contributed by atoms with Crippen molar-refractivity contribution in [2.45, 2.75) is 46.2 Å². The molecule has 0 spiro atoms. The van der Waals surface area contributed by atoms with Gasteiger partial charge in [-0.2, -0.15) is 0 Å². The first-order chi connectivity index (χ1) is 11.7. The second-order valence-corrected chi connectivity index (χ2v) is 6.50. The minimum atomic E-state index is -0.0267. The first-order valence-corrected chi connectivity index (χ1v) is 8.59. The van der Waals surface area contributed by atoms with Gasteiger partial charge >= 0.3 is 6.03 Å². The van der Waals surface area contributed by atoms with Gasteiger partial charge in [0.1, 0.15) is 18.0 Å². The molecule has 0 unspecified atom stereocenters. The lowest BCUT2D eigenvalue weighted by atomic mass is 10.1. The summed E-state index contributed by atoms with van der Waals surface area (Å²) in [7, 11) is 0. The van der Waals surface area contributed by atoms with E-state index >= 15 is 0 Å². The third-order valence-corrected chi connectivity index (χ3v) is 4.73. The summed E-state index contributed by atoms with van der Waals surface area (Å²) < 4.78 is 1.67. The molecule has 0 aliphatic carbocycles. The maximum Gasteiger partial charge on any atom is 0.330 e. The number of hydrogen-bond donors (Lipinski definition) is 0. The van der Waals surface area contributed by atoms with Crippen LogP contribution in [-0.4, -0.2) is 43.5 Å². The van der Waals surface area contributed by atoms with E-state index in [1.165, 1.54) is 6.42 Å². The quantitative estimate of drug-likeness (QED) is 0.864. The van der Waals surface area contributed by atoms with Gasteiger partial charge in [-0.25, -0.2) is 19.7 Å². The molecule has 0 atom stereocenters. The number of carbonyl (C=O) groups is 1. The van der Waals surface area contributed by atoms with E-state index < -0.39 is 0 Å². The average molecular weight is 326 g/mol. The lowest BCUT2D eigenvalue weighted by molar-refractivity contribution is 0.199. The third-order valence-electron chi connectivity index (χ3n) is 4.73. The summed E-state index contributed by atoms with van der Waals surface area (Å²) in [5.41, 5.74) is 3.05. The standard InChI is InChI=1S/C17H22N6O/c1-3-5-13-8-18-11-23(13)17(24)22-9-14-15(10-22)19-12(2)20-16(14)21-6-4-7-21/h8,11H,3-7,9-10H2,1-2H3. The van der Waals surface area contributed by atoms with Crippen molar-refractivity contribution in [3.8, 4) is 0 Å². The van der Waals surface area contributed by atoms with Gasteiger partial charge in [0.25, 0.3) is 0 Å². The van der Waals surface area contributed by atoms with Crippen molar-refractivity contribution in [2.75, 3.05) is 18.0 Å². The zero-order chi connectivity index (χ0) is 16.7. The highest BCUT2D eigenvalue weighted by molar-refractivity contribution is 5.78. The Morgan fingerprint density at radius 3 is 2.79 bits per heavy atom. The molecule has 24 heavy (non-hydrogen) atoms. The molecule has 7 heteroatoms. The molecule has 2 aromatic heterocycles. The molecule has 0 saturated carbocycles. The molecule has 7 nitrogen and oxygen atoms in total. The van der Waals surface area contributed by atoms with Gasteiger partial charge in [0.15, 0.2) is 0 Å². The Bertz CT molecular complexity index is 779. The molecule has 0 aromatic carbocycles. The van der Waals surface area contributed by atoms with Crippen LogP contribution in [0.15, 0.2) is 12.5 Å². The normalized spacial score (nSPS) is 16.2. The van der Waals surface area contributed by atoms with Crippen LogP contribution < -0.4 is 4.90 Å². The topological polar surface area (TPSA) is 67.2 Å². The zero-order valence-electron chi connectivity index (χ0n) is 14.2. The predicted octanol–water partition coefficient (Wildman–Crippen LogP) is 2.13. The fourth-order valence-electron chi connectivity index (χ4n) is 3.37. The summed E-state index contributed by atoms with van der Waals surface area (Å²) in [6, 6.07) is -0.0267. The Morgan fingerprint density at radius 1 is 1.25 bits per heavy atom. The van der Waals surface area contributed by atoms with Crippen molar-refractivity contribution in [3.63, 3.8) is 0 Å².